The normalized spacial score (nSPS) is 26.9. The number of halogens is 1. The van der Waals surface area contributed by atoms with Gasteiger partial charge in [0.1, 0.15) is 11.9 Å². The molecular formula is C17H23ClO2. The van der Waals surface area contributed by atoms with Crippen LogP contribution in [-0.4, -0.2) is 18.8 Å². The van der Waals surface area contributed by atoms with Crippen molar-refractivity contribution in [2.75, 3.05) is 6.61 Å². The average Bonchev–Trinajstić information content (AvgIpc) is 2.85. The van der Waals surface area contributed by atoms with Crippen LogP contribution >= 0.6 is 11.6 Å². The molecule has 1 aromatic rings. The molecule has 1 aromatic carbocycles. The van der Waals surface area contributed by atoms with Crippen LogP contribution in [-0.2, 0) is 11.2 Å². The first-order valence-corrected chi connectivity index (χ1v) is 8.21. The predicted molar refractivity (Wildman–Crippen MR) is 81.7 cm³/mol. The van der Waals surface area contributed by atoms with Gasteiger partial charge in [0.15, 0.2) is 0 Å². The van der Waals surface area contributed by atoms with Crippen LogP contribution in [0.4, 0.5) is 0 Å². The van der Waals surface area contributed by atoms with E-state index in [2.05, 4.69) is 25.1 Å². The van der Waals surface area contributed by atoms with Crippen LogP contribution in [0.3, 0.4) is 0 Å². The second-order valence-electron chi connectivity index (χ2n) is 6.03. The maximum absolute atomic E-state index is 6.57. The number of rotatable bonds is 4. The number of alkyl halides is 1. The van der Waals surface area contributed by atoms with Gasteiger partial charge in [-0.2, -0.15) is 0 Å². The Morgan fingerprint density at radius 2 is 2.25 bits per heavy atom. The van der Waals surface area contributed by atoms with Gasteiger partial charge < -0.3 is 9.47 Å². The second-order valence-corrected chi connectivity index (χ2v) is 6.56. The third-order valence-corrected chi connectivity index (χ3v) is 4.77. The van der Waals surface area contributed by atoms with Crippen molar-refractivity contribution in [2.24, 2.45) is 0 Å². The fourth-order valence-corrected chi connectivity index (χ4v) is 3.43. The van der Waals surface area contributed by atoms with E-state index in [9.17, 15) is 0 Å². The Bertz CT molecular complexity index is 454. The molecule has 110 valence electrons. The van der Waals surface area contributed by atoms with Gasteiger partial charge in [0.2, 0.25) is 0 Å². The highest BCUT2D eigenvalue weighted by molar-refractivity contribution is 6.20. The van der Waals surface area contributed by atoms with Crippen molar-refractivity contribution < 1.29 is 9.47 Å². The van der Waals surface area contributed by atoms with Crippen LogP contribution in [0.25, 0.3) is 0 Å². The summed E-state index contributed by atoms with van der Waals surface area (Å²) in [6, 6.07) is 6.40. The highest BCUT2D eigenvalue weighted by Gasteiger charge is 2.21. The van der Waals surface area contributed by atoms with E-state index in [4.69, 9.17) is 21.1 Å². The van der Waals surface area contributed by atoms with Gasteiger partial charge in [-0.3, -0.25) is 0 Å². The molecule has 0 aliphatic carbocycles. The highest BCUT2D eigenvalue weighted by atomic mass is 35.5. The minimum atomic E-state index is 0.0849. The van der Waals surface area contributed by atoms with Crippen molar-refractivity contribution in [1.82, 2.24) is 0 Å². The van der Waals surface area contributed by atoms with Gasteiger partial charge >= 0.3 is 0 Å². The zero-order valence-electron chi connectivity index (χ0n) is 12.1. The summed E-state index contributed by atoms with van der Waals surface area (Å²) in [6.07, 6.45) is 7.47. The fourth-order valence-electron chi connectivity index (χ4n) is 3.17. The van der Waals surface area contributed by atoms with E-state index in [1.54, 1.807) is 0 Å². The molecule has 0 spiro atoms. The first-order chi connectivity index (χ1) is 9.72. The minimum Gasteiger partial charge on any atom is -0.490 e. The number of ether oxygens (including phenoxy) is 2. The molecule has 0 radical (unpaired) electrons. The predicted octanol–water partition coefficient (Wildman–Crippen LogP) is 4.64. The lowest BCUT2D eigenvalue weighted by Crippen LogP contribution is -2.19. The van der Waals surface area contributed by atoms with Crippen molar-refractivity contribution in [3.05, 3.63) is 29.3 Å². The molecule has 2 aliphatic rings. The SMILES string of the molecule is CC1Cc2cc(C(Cl)CCC3CCCCO3)ccc2O1. The standard InChI is InChI=1S/C17H23ClO2/c1-12-10-14-11-13(5-8-17(14)20-12)16(18)7-6-15-4-2-3-9-19-15/h5,8,11-12,15-16H,2-4,6-7,9-10H2,1H3. The Kier molecular flexibility index (Phi) is 4.52. The van der Waals surface area contributed by atoms with Crippen LogP contribution in [0.15, 0.2) is 18.2 Å². The van der Waals surface area contributed by atoms with Gasteiger partial charge in [-0.15, -0.1) is 11.6 Å². The Morgan fingerprint density at radius 3 is 3.05 bits per heavy atom. The molecule has 2 aliphatic heterocycles. The molecule has 0 saturated carbocycles. The molecule has 3 atom stereocenters. The van der Waals surface area contributed by atoms with Gasteiger partial charge in [-0.05, 0) is 56.2 Å². The molecule has 1 fully saturated rings. The summed E-state index contributed by atoms with van der Waals surface area (Å²) in [5.41, 5.74) is 2.52. The third-order valence-electron chi connectivity index (χ3n) is 4.30. The number of hydrogen-bond acceptors (Lipinski definition) is 2. The number of benzene rings is 1. The summed E-state index contributed by atoms with van der Waals surface area (Å²) in [5, 5.41) is 0.0849. The van der Waals surface area contributed by atoms with E-state index >= 15 is 0 Å². The molecule has 0 N–H and O–H groups in total. The molecule has 0 amide bonds. The van der Waals surface area contributed by atoms with Crippen LogP contribution < -0.4 is 4.74 Å². The molecule has 20 heavy (non-hydrogen) atoms. The summed E-state index contributed by atoms with van der Waals surface area (Å²) >= 11 is 6.57. The summed E-state index contributed by atoms with van der Waals surface area (Å²) in [7, 11) is 0. The third kappa shape index (κ3) is 3.29. The topological polar surface area (TPSA) is 18.5 Å². The molecular weight excluding hydrogens is 272 g/mol. The van der Waals surface area contributed by atoms with Crippen molar-refractivity contribution in [3.63, 3.8) is 0 Å². The quantitative estimate of drug-likeness (QED) is 0.753. The second kappa shape index (κ2) is 6.36. The van der Waals surface area contributed by atoms with Gasteiger partial charge in [-0.1, -0.05) is 12.1 Å². The summed E-state index contributed by atoms with van der Waals surface area (Å²) < 4.78 is 11.5. The Hall–Kier alpha value is -0.730. The Balaban J connectivity index is 1.57. The zero-order chi connectivity index (χ0) is 13.9. The lowest BCUT2D eigenvalue weighted by Gasteiger charge is -2.23. The van der Waals surface area contributed by atoms with E-state index in [-0.39, 0.29) is 5.38 Å². The van der Waals surface area contributed by atoms with Crippen LogP contribution in [0.1, 0.15) is 55.5 Å². The molecule has 1 saturated heterocycles. The monoisotopic (exact) mass is 294 g/mol. The summed E-state index contributed by atoms with van der Waals surface area (Å²) in [5.74, 6) is 1.03. The lowest BCUT2D eigenvalue weighted by atomic mass is 9.99. The Labute approximate surface area is 126 Å². The van der Waals surface area contributed by atoms with Crippen molar-refractivity contribution in [3.8, 4) is 5.75 Å². The Morgan fingerprint density at radius 1 is 1.35 bits per heavy atom. The van der Waals surface area contributed by atoms with E-state index < -0.39 is 0 Å². The van der Waals surface area contributed by atoms with Crippen molar-refractivity contribution in [1.29, 1.82) is 0 Å². The first-order valence-electron chi connectivity index (χ1n) is 7.77. The van der Waals surface area contributed by atoms with E-state index in [1.165, 1.54) is 30.4 Å². The molecule has 3 heteroatoms. The molecule has 0 bridgehead atoms. The zero-order valence-corrected chi connectivity index (χ0v) is 12.9. The fraction of sp³-hybridized carbons (Fsp3) is 0.647. The van der Waals surface area contributed by atoms with Crippen LogP contribution in [0, 0.1) is 0 Å². The van der Waals surface area contributed by atoms with E-state index in [0.717, 1.165) is 31.6 Å². The van der Waals surface area contributed by atoms with Crippen LogP contribution in [0.5, 0.6) is 5.75 Å². The van der Waals surface area contributed by atoms with Gasteiger partial charge in [-0.25, -0.2) is 0 Å². The van der Waals surface area contributed by atoms with E-state index in [1.807, 2.05) is 0 Å². The van der Waals surface area contributed by atoms with E-state index in [0.29, 0.717) is 12.2 Å². The molecule has 3 unspecified atom stereocenters. The highest BCUT2D eigenvalue weighted by Crippen LogP contribution is 2.35. The van der Waals surface area contributed by atoms with Gasteiger partial charge in [0, 0.05) is 13.0 Å². The summed E-state index contributed by atoms with van der Waals surface area (Å²) in [6.45, 7) is 3.03. The average molecular weight is 295 g/mol. The van der Waals surface area contributed by atoms with Crippen molar-refractivity contribution >= 4 is 11.6 Å². The number of fused-ring (bicyclic) bond motifs is 1. The molecule has 2 nitrogen and oxygen atoms in total. The summed E-state index contributed by atoms with van der Waals surface area (Å²) in [4.78, 5) is 0. The lowest BCUT2D eigenvalue weighted by molar-refractivity contribution is 0.0100. The van der Waals surface area contributed by atoms with Gasteiger partial charge in [0.25, 0.3) is 0 Å². The molecule has 3 rings (SSSR count). The maximum Gasteiger partial charge on any atom is 0.123 e. The number of hydrogen-bond donors (Lipinski definition) is 0. The van der Waals surface area contributed by atoms with Crippen molar-refractivity contribution in [2.45, 2.75) is 63.0 Å². The van der Waals surface area contributed by atoms with Crippen LogP contribution in [0.2, 0.25) is 0 Å². The van der Waals surface area contributed by atoms with Gasteiger partial charge in [0.05, 0.1) is 11.5 Å². The first kappa shape index (κ1) is 14.2. The largest absolute Gasteiger partial charge is 0.490 e. The minimum absolute atomic E-state index is 0.0849. The smallest absolute Gasteiger partial charge is 0.123 e. The molecule has 0 aromatic heterocycles. The molecule has 2 heterocycles. The maximum atomic E-state index is 6.57.